The van der Waals surface area contributed by atoms with Gasteiger partial charge in [-0.3, -0.25) is 9.69 Å². The van der Waals surface area contributed by atoms with E-state index in [4.69, 9.17) is 15.2 Å². The van der Waals surface area contributed by atoms with E-state index in [2.05, 4.69) is 34.1 Å². The van der Waals surface area contributed by atoms with E-state index < -0.39 is 5.92 Å². The summed E-state index contributed by atoms with van der Waals surface area (Å²) in [7, 11) is 1.62. The molecule has 1 aliphatic heterocycles. The highest BCUT2D eigenvalue weighted by Crippen LogP contribution is 2.47. The molecule has 0 spiro atoms. The predicted octanol–water partition coefficient (Wildman–Crippen LogP) is 6.96. The van der Waals surface area contributed by atoms with Crippen molar-refractivity contribution in [3.8, 4) is 17.6 Å². The fraction of sp³-hybridized carbons (Fsp3) is 0.250. The minimum atomic E-state index is -0.533. The molecule has 1 unspecified atom stereocenters. The number of para-hydroxylation sites is 1. The minimum absolute atomic E-state index is 0.0620. The Kier molecular flexibility index (Phi) is 7.49. The first kappa shape index (κ1) is 26.6. The summed E-state index contributed by atoms with van der Waals surface area (Å²) < 4.78 is 12.4. The van der Waals surface area contributed by atoms with Gasteiger partial charge >= 0.3 is 0 Å². The van der Waals surface area contributed by atoms with Crippen molar-refractivity contribution < 1.29 is 14.3 Å². The van der Waals surface area contributed by atoms with Crippen LogP contribution in [0.2, 0.25) is 0 Å². The molecule has 1 heterocycles. The van der Waals surface area contributed by atoms with Crippen molar-refractivity contribution in [3.63, 3.8) is 0 Å². The van der Waals surface area contributed by atoms with Gasteiger partial charge in [-0.15, -0.1) is 0 Å². The summed E-state index contributed by atoms with van der Waals surface area (Å²) in [5.41, 5.74) is 13.4. The number of rotatable bonds is 6. The predicted molar refractivity (Wildman–Crippen MR) is 155 cm³/mol. The van der Waals surface area contributed by atoms with Crippen LogP contribution in [0.5, 0.6) is 11.5 Å². The second-order valence-corrected chi connectivity index (χ2v) is 10.7. The molecule has 0 saturated carbocycles. The summed E-state index contributed by atoms with van der Waals surface area (Å²) in [5.74, 6) is 1.36. The number of nitrogens with zero attached hydrogens (tertiary/aromatic N) is 2. The number of nitrogens with two attached hydrogens (primary N) is 1. The molecule has 0 saturated heterocycles. The monoisotopic (exact) mass is 583 g/mol. The van der Waals surface area contributed by atoms with Crippen LogP contribution in [0, 0.1) is 25.2 Å². The van der Waals surface area contributed by atoms with Gasteiger partial charge in [0.05, 0.1) is 29.1 Å². The van der Waals surface area contributed by atoms with Crippen LogP contribution < -0.4 is 20.1 Å². The van der Waals surface area contributed by atoms with Gasteiger partial charge in [0.1, 0.15) is 23.9 Å². The van der Waals surface area contributed by atoms with Gasteiger partial charge in [-0.2, -0.15) is 5.26 Å². The van der Waals surface area contributed by atoms with Crippen LogP contribution in [0.15, 0.2) is 87.8 Å². The van der Waals surface area contributed by atoms with Gasteiger partial charge in [0.15, 0.2) is 5.78 Å². The Hall–Kier alpha value is -4.02. The number of halogens is 1. The van der Waals surface area contributed by atoms with Crippen LogP contribution in [0.3, 0.4) is 0 Å². The molecule has 39 heavy (non-hydrogen) atoms. The van der Waals surface area contributed by atoms with Crippen molar-refractivity contribution in [1.82, 2.24) is 0 Å². The van der Waals surface area contributed by atoms with Gasteiger partial charge in [-0.1, -0.05) is 29.8 Å². The summed E-state index contributed by atoms with van der Waals surface area (Å²) >= 11 is 3.54. The first-order valence-electron chi connectivity index (χ1n) is 12.9. The van der Waals surface area contributed by atoms with Crippen LogP contribution in [0.25, 0.3) is 0 Å². The third kappa shape index (κ3) is 4.93. The molecule has 5 rings (SSSR count). The fourth-order valence-corrected chi connectivity index (χ4v) is 5.95. The van der Waals surface area contributed by atoms with Crippen LogP contribution in [0.1, 0.15) is 47.4 Å². The number of benzene rings is 3. The lowest BCUT2D eigenvalue weighted by Gasteiger charge is -2.40. The lowest BCUT2D eigenvalue weighted by Crippen LogP contribution is -2.39. The first-order chi connectivity index (χ1) is 18.8. The first-order valence-corrected chi connectivity index (χ1v) is 13.7. The molecule has 198 valence electrons. The molecule has 1 aliphatic carbocycles. The summed E-state index contributed by atoms with van der Waals surface area (Å²) in [6.45, 7) is 4.41. The Bertz CT molecular complexity index is 1550. The number of nitriles is 1. The number of ether oxygens (including phenoxy) is 2. The van der Waals surface area contributed by atoms with E-state index in [1.165, 1.54) is 0 Å². The SMILES string of the molecule is COc1ccc(N2C(N)=C(C#N)C(c3cc(C)cc(COc4ccccc4Br)c3C)C3=C2CCCC3=O)cc1. The molecule has 0 aromatic heterocycles. The lowest BCUT2D eigenvalue weighted by atomic mass is 9.73. The Morgan fingerprint density at radius 3 is 2.54 bits per heavy atom. The Balaban J connectivity index is 1.63. The Labute approximate surface area is 237 Å². The molecule has 3 aromatic carbocycles. The zero-order valence-electron chi connectivity index (χ0n) is 22.3. The summed E-state index contributed by atoms with van der Waals surface area (Å²) in [6, 6.07) is 21.8. The average Bonchev–Trinajstić information content (AvgIpc) is 2.94. The van der Waals surface area contributed by atoms with E-state index >= 15 is 0 Å². The van der Waals surface area contributed by atoms with Crippen molar-refractivity contribution in [2.45, 2.75) is 45.6 Å². The van der Waals surface area contributed by atoms with Crippen LogP contribution in [-0.2, 0) is 11.4 Å². The molecule has 1 atom stereocenters. The Morgan fingerprint density at radius 1 is 1.10 bits per heavy atom. The topological polar surface area (TPSA) is 88.6 Å². The quantitative estimate of drug-likeness (QED) is 0.337. The molecular weight excluding hydrogens is 554 g/mol. The van der Waals surface area contributed by atoms with Crippen molar-refractivity contribution >= 4 is 27.4 Å². The van der Waals surface area contributed by atoms with E-state index in [1.807, 2.05) is 67.3 Å². The number of carbonyl (C=O) groups is 1. The zero-order valence-corrected chi connectivity index (χ0v) is 23.8. The Morgan fingerprint density at radius 2 is 1.85 bits per heavy atom. The molecule has 2 N–H and O–H groups in total. The maximum Gasteiger partial charge on any atom is 0.161 e. The lowest BCUT2D eigenvalue weighted by molar-refractivity contribution is -0.116. The second kappa shape index (κ2) is 11.0. The molecule has 2 aliphatic rings. The molecule has 6 nitrogen and oxygen atoms in total. The van der Waals surface area contributed by atoms with Crippen molar-refractivity contribution in [2.24, 2.45) is 5.73 Å². The number of anilines is 1. The number of allylic oxidation sites excluding steroid dienone is 3. The van der Waals surface area contributed by atoms with Gasteiger partial charge in [-0.05, 0) is 95.7 Å². The van der Waals surface area contributed by atoms with Crippen LogP contribution in [-0.4, -0.2) is 12.9 Å². The summed E-state index contributed by atoms with van der Waals surface area (Å²) in [6.07, 6.45) is 1.89. The van der Waals surface area contributed by atoms with Crippen molar-refractivity contribution in [1.29, 1.82) is 5.26 Å². The number of aryl methyl sites for hydroxylation is 1. The highest BCUT2D eigenvalue weighted by Gasteiger charge is 2.41. The summed E-state index contributed by atoms with van der Waals surface area (Å²) in [5, 5.41) is 10.4. The standard InChI is InChI=1S/C32H30BrN3O3/c1-19-15-21(18-39-29-10-5-4-7-26(29)33)20(2)24(16-19)30-25(17-34)32(35)36(22-11-13-23(38-3)14-12-22)27-8-6-9-28(37)31(27)30/h4-5,7,10-16,30H,6,8-9,18,35H2,1-3H3. The highest BCUT2D eigenvalue weighted by atomic mass is 79.9. The third-order valence-electron chi connectivity index (χ3n) is 7.47. The maximum absolute atomic E-state index is 13.6. The number of methoxy groups -OCH3 is 1. The number of carbonyl (C=O) groups excluding carboxylic acids is 1. The molecule has 3 aromatic rings. The number of hydrogen-bond acceptors (Lipinski definition) is 6. The smallest absolute Gasteiger partial charge is 0.161 e. The van der Waals surface area contributed by atoms with Gasteiger partial charge in [0.2, 0.25) is 0 Å². The molecular formula is C32H30BrN3O3. The van der Waals surface area contributed by atoms with Crippen LogP contribution >= 0.6 is 15.9 Å². The van der Waals surface area contributed by atoms with Crippen molar-refractivity contribution in [2.75, 3.05) is 12.0 Å². The van der Waals surface area contributed by atoms with Gasteiger partial charge < -0.3 is 15.2 Å². The molecule has 0 radical (unpaired) electrons. The third-order valence-corrected chi connectivity index (χ3v) is 8.13. The molecule has 0 fully saturated rings. The molecule has 0 amide bonds. The van der Waals surface area contributed by atoms with E-state index in [9.17, 15) is 10.1 Å². The highest BCUT2D eigenvalue weighted by molar-refractivity contribution is 9.10. The average molecular weight is 585 g/mol. The molecule has 7 heteroatoms. The number of ketones is 1. The van der Waals surface area contributed by atoms with Gasteiger partial charge in [0.25, 0.3) is 0 Å². The van der Waals surface area contributed by atoms with E-state index in [1.54, 1.807) is 7.11 Å². The van der Waals surface area contributed by atoms with E-state index in [0.29, 0.717) is 36.4 Å². The largest absolute Gasteiger partial charge is 0.497 e. The fourth-order valence-electron chi connectivity index (χ4n) is 5.55. The zero-order chi connectivity index (χ0) is 27.7. The van der Waals surface area contributed by atoms with Crippen LogP contribution in [0.4, 0.5) is 5.69 Å². The second-order valence-electron chi connectivity index (χ2n) is 9.87. The maximum atomic E-state index is 13.6. The van der Waals surface area contributed by atoms with Gasteiger partial charge in [0, 0.05) is 23.4 Å². The van der Waals surface area contributed by atoms with Gasteiger partial charge in [-0.25, -0.2) is 0 Å². The molecule has 0 bridgehead atoms. The van der Waals surface area contributed by atoms with E-state index in [0.717, 1.165) is 56.0 Å². The number of hydrogen-bond donors (Lipinski definition) is 1. The summed E-state index contributed by atoms with van der Waals surface area (Å²) in [4.78, 5) is 15.5. The number of Topliss-reactive ketones (excluding diaryl/α,β-unsaturated/α-hetero) is 1. The normalized spacial score (nSPS) is 17.2. The minimum Gasteiger partial charge on any atom is -0.497 e. The van der Waals surface area contributed by atoms with E-state index in [-0.39, 0.29) is 5.78 Å². The van der Waals surface area contributed by atoms with Crippen molar-refractivity contribution in [3.05, 3.63) is 110 Å².